The summed E-state index contributed by atoms with van der Waals surface area (Å²) >= 11 is 5.79. The molecule has 1 fully saturated rings. The summed E-state index contributed by atoms with van der Waals surface area (Å²) in [5, 5.41) is 22.8. The molecule has 0 unspecified atom stereocenters. The zero-order chi connectivity index (χ0) is 22.7. The van der Waals surface area contributed by atoms with Crippen LogP contribution < -0.4 is 10.6 Å². The number of allylic oxidation sites excluding steroid dienone is 1. The molecule has 1 aliphatic carbocycles. The standard InChI is InChI=1S/C22H24ClFN6O2/c1-12(31)15-5-2-13(3-6-15)9-25-21-19-18(29-30-21)20(28-11-27-19)22(32)26-10-14-4-7-17(24)16(23)8-14/h4,7-8,11,13,15,31H,1-3,5-6,9-10H2,(H,26,32)(H2,25,29,30). The lowest BCUT2D eigenvalue weighted by atomic mass is 9.81. The van der Waals surface area contributed by atoms with Gasteiger partial charge in [-0.25, -0.2) is 14.4 Å². The molecule has 0 saturated heterocycles. The molecule has 0 radical (unpaired) electrons. The first-order chi connectivity index (χ1) is 15.4. The van der Waals surface area contributed by atoms with Crippen LogP contribution in [0.1, 0.15) is 41.7 Å². The van der Waals surface area contributed by atoms with E-state index in [-0.39, 0.29) is 28.9 Å². The van der Waals surface area contributed by atoms with E-state index in [1.54, 1.807) is 6.07 Å². The minimum Gasteiger partial charge on any atom is -0.513 e. The zero-order valence-corrected chi connectivity index (χ0v) is 18.1. The summed E-state index contributed by atoms with van der Waals surface area (Å²) in [7, 11) is 0. The number of fused-ring (bicyclic) bond motifs is 1. The highest BCUT2D eigenvalue weighted by Crippen LogP contribution is 2.32. The molecule has 3 aromatic rings. The number of anilines is 1. The van der Waals surface area contributed by atoms with E-state index in [1.807, 2.05) is 0 Å². The lowest BCUT2D eigenvalue weighted by molar-refractivity contribution is 0.0947. The predicted octanol–water partition coefficient (Wildman–Crippen LogP) is 4.37. The van der Waals surface area contributed by atoms with E-state index in [2.05, 4.69) is 37.4 Å². The number of amides is 1. The summed E-state index contributed by atoms with van der Waals surface area (Å²) in [6, 6.07) is 4.28. The lowest BCUT2D eigenvalue weighted by Crippen LogP contribution is -2.24. The number of halogens is 2. The Morgan fingerprint density at radius 3 is 2.78 bits per heavy atom. The lowest BCUT2D eigenvalue weighted by Gasteiger charge is -2.27. The molecule has 10 heteroatoms. The molecule has 4 N–H and O–H groups in total. The molecule has 4 rings (SSSR count). The fourth-order valence-electron chi connectivity index (χ4n) is 3.99. The molecule has 0 aliphatic heterocycles. The van der Waals surface area contributed by atoms with E-state index in [0.717, 1.165) is 32.2 Å². The van der Waals surface area contributed by atoms with Crippen LogP contribution in [-0.2, 0) is 6.54 Å². The number of aliphatic hydroxyl groups is 1. The highest BCUT2D eigenvalue weighted by Gasteiger charge is 2.24. The van der Waals surface area contributed by atoms with Gasteiger partial charge in [0.1, 0.15) is 23.2 Å². The van der Waals surface area contributed by atoms with Gasteiger partial charge in [-0.1, -0.05) is 24.2 Å². The summed E-state index contributed by atoms with van der Waals surface area (Å²) in [5.41, 5.74) is 1.81. The van der Waals surface area contributed by atoms with Crippen molar-refractivity contribution in [2.75, 3.05) is 11.9 Å². The molecular weight excluding hydrogens is 435 g/mol. The third-order valence-corrected chi connectivity index (χ3v) is 6.17. The van der Waals surface area contributed by atoms with Gasteiger partial charge in [0.05, 0.1) is 10.8 Å². The summed E-state index contributed by atoms with van der Waals surface area (Å²) < 4.78 is 13.3. The van der Waals surface area contributed by atoms with Crippen LogP contribution >= 0.6 is 11.6 Å². The number of aliphatic hydroxyl groups excluding tert-OH is 1. The van der Waals surface area contributed by atoms with Crippen LogP contribution in [0.25, 0.3) is 11.0 Å². The van der Waals surface area contributed by atoms with Gasteiger partial charge in [-0.05, 0) is 49.3 Å². The summed E-state index contributed by atoms with van der Waals surface area (Å²) in [4.78, 5) is 21.1. The van der Waals surface area contributed by atoms with Crippen molar-refractivity contribution in [3.05, 3.63) is 59.0 Å². The number of benzene rings is 1. The largest absolute Gasteiger partial charge is 0.513 e. The predicted molar refractivity (Wildman–Crippen MR) is 120 cm³/mol. The smallest absolute Gasteiger partial charge is 0.272 e. The molecule has 168 valence electrons. The second-order valence-electron chi connectivity index (χ2n) is 8.04. The Bertz CT molecular complexity index is 1140. The fourth-order valence-corrected chi connectivity index (χ4v) is 4.19. The van der Waals surface area contributed by atoms with Crippen molar-refractivity contribution in [3.8, 4) is 0 Å². The van der Waals surface area contributed by atoms with Crippen LogP contribution in [0.2, 0.25) is 5.02 Å². The van der Waals surface area contributed by atoms with Crippen LogP contribution in [0.4, 0.5) is 10.2 Å². The maximum Gasteiger partial charge on any atom is 0.272 e. The zero-order valence-electron chi connectivity index (χ0n) is 17.4. The number of carbonyl (C=O) groups is 1. The highest BCUT2D eigenvalue weighted by molar-refractivity contribution is 6.30. The number of H-pyrrole nitrogens is 1. The SMILES string of the molecule is C=C(O)C1CCC(CNc2n[nH]c3c(C(=O)NCc4ccc(F)c(Cl)c4)ncnc23)CC1. The van der Waals surface area contributed by atoms with E-state index in [9.17, 15) is 14.3 Å². The Kier molecular flexibility index (Phi) is 6.55. The molecule has 2 heterocycles. The molecular formula is C22H24ClFN6O2. The molecule has 0 bridgehead atoms. The van der Waals surface area contributed by atoms with Crippen molar-refractivity contribution >= 4 is 34.4 Å². The third kappa shape index (κ3) is 4.83. The first-order valence-corrected chi connectivity index (χ1v) is 10.8. The van der Waals surface area contributed by atoms with E-state index in [1.165, 1.54) is 18.5 Å². The summed E-state index contributed by atoms with van der Waals surface area (Å²) in [6.45, 7) is 4.54. The van der Waals surface area contributed by atoms with Gasteiger partial charge in [-0.15, -0.1) is 0 Å². The van der Waals surface area contributed by atoms with Gasteiger partial charge in [0.15, 0.2) is 11.5 Å². The van der Waals surface area contributed by atoms with Crippen LogP contribution in [0.5, 0.6) is 0 Å². The molecule has 0 spiro atoms. The number of nitrogens with one attached hydrogen (secondary N) is 3. The monoisotopic (exact) mass is 458 g/mol. The first-order valence-electron chi connectivity index (χ1n) is 10.4. The molecule has 2 aromatic heterocycles. The number of hydrogen-bond acceptors (Lipinski definition) is 6. The maximum atomic E-state index is 13.3. The minimum atomic E-state index is -0.511. The molecule has 1 amide bonds. The van der Waals surface area contributed by atoms with Crippen molar-refractivity contribution in [3.63, 3.8) is 0 Å². The maximum absolute atomic E-state index is 13.3. The van der Waals surface area contributed by atoms with Gasteiger partial charge >= 0.3 is 0 Å². The molecule has 1 aromatic carbocycles. The summed E-state index contributed by atoms with van der Waals surface area (Å²) in [5.74, 6) is 0.580. The molecule has 1 saturated carbocycles. The topological polar surface area (TPSA) is 116 Å². The number of carbonyl (C=O) groups excluding carboxylic acids is 1. The van der Waals surface area contributed by atoms with Gasteiger partial charge in [-0.2, -0.15) is 5.10 Å². The average Bonchev–Trinajstić information content (AvgIpc) is 3.21. The van der Waals surface area contributed by atoms with Gasteiger partial charge in [0.25, 0.3) is 5.91 Å². The van der Waals surface area contributed by atoms with Crippen LogP contribution in [0.15, 0.2) is 36.9 Å². The Morgan fingerprint density at radius 2 is 2.06 bits per heavy atom. The van der Waals surface area contributed by atoms with Crippen LogP contribution in [0.3, 0.4) is 0 Å². The number of aromatic nitrogens is 4. The third-order valence-electron chi connectivity index (χ3n) is 5.88. The quantitative estimate of drug-likeness (QED) is 0.391. The minimum absolute atomic E-state index is 0.000222. The van der Waals surface area contributed by atoms with E-state index in [4.69, 9.17) is 11.6 Å². The Hall–Kier alpha value is -3.20. The molecule has 1 aliphatic rings. The number of hydrogen-bond donors (Lipinski definition) is 4. The van der Waals surface area contributed by atoms with Gasteiger partial charge < -0.3 is 15.7 Å². The molecule has 32 heavy (non-hydrogen) atoms. The van der Waals surface area contributed by atoms with E-state index < -0.39 is 11.7 Å². The van der Waals surface area contributed by atoms with Gasteiger partial charge in [0.2, 0.25) is 0 Å². The van der Waals surface area contributed by atoms with Crippen LogP contribution in [0, 0.1) is 17.7 Å². The van der Waals surface area contributed by atoms with E-state index in [0.29, 0.717) is 28.3 Å². The highest BCUT2D eigenvalue weighted by atomic mass is 35.5. The van der Waals surface area contributed by atoms with Gasteiger partial charge in [-0.3, -0.25) is 9.89 Å². The molecule has 8 nitrogen and oxygen atoms in total. The normalized spacial score (nSPS) is 18.4. The molecule has 0 atom stereocenters. The summed E-state index contributed by atoms with van der Waals surface area (Å²) in [6.07, 6.45) is 5.17. The van der Waals surface area contributed by atoms with E-state index >= 15 is 0 Å². The number of rotatable bonds is 7. The Balaban J connectivity index is 1.39. The fraction of sp³-hybridized carbons (Fsp3) is 0.364. The Labute approximate surface area is 189 Å². The Morgan fingerprint density at radius 1 is 1.28 bits per heavy atom. The van der Waals surface area contributed by atoms with Crippen molar-refractivity contribution < 1.29 is 14.3 Å². The first kappa shape index (κ1) is 22.0. The van der Waals surface area contributed by atoms with Crippen molar-refractivity contribution in [2.45, 2.75) is 32.2 Å². The number of nitrogens with zero attached hydrogens (tertiary/aromatic N) is 3. The number of aromatic amines is 1. The van der Waals surface area contributed by atoms with Crippen LogP contribution in [-0.4, -0.2) is 37.7 Å². The van der Waals surface area contributed by atoms with Gasteiger partial charge in [0, 0.05) is 19.0 Å². The average molecular weight is 459 g/mol. The second kappa shape index (κ2) is 9.52. The van der Waals surface area contributed by atoms with Crippen molar-refractivity contribution in [1.82, 2.24) is 25.5 Å². The second-order valence-corrected chi connectivity index (χ2v) is 8.45. The van der Waals surface area contributed by atoms with Crippen molar-refractivity contribution in [1.29, 1.82) is 0 Å². The van der Waals surface area contributed by atoms with Crippen molar-refractivity contribution in [2.24, 2.45) is 11.8 Å².